The number of benzene rings is 1. The third-order valence-corrected chi connectivity index (χ3v) is 6.31. The van der Waals surface area contributed by atoms with Gasteiger partial charge in [-0.2, -0.15) is 0 Å². The number of amides is 1. The molecule has 1 aliphatic heterocycles. The van der Waals surface area contributed by atoms with Crippen LogP contribution in [0.1, 0.15) is 58.2 Å². The highest BCUT2D eigenvalue weighted by atomic mass is 32.2. The number of hydrogen-bond donors (Lipinski definition) is 1. The summed E-state index contributed by atoms with van der Waals surface area (Å²) in [4.78, 5) is 14.5. The molecule has 1 unspecified atom stereocenters. The molecular weight excluding hydrogens is 350 g/mol. The minimum absolute atomic E-state index is 0.0164. The molecule has 0 spiro atoms. The first kappa shape index (κ1) is 20.5. The lowest BCUT2D eigenvalue weighted by molar-refractivity contribution is -0.127. The predicted molar refractivity (Wildman–Crippen MR) is 111 cm³/mol. The lowest BCUT2D eigenvalue weighted by Crippen LogP contribution is -2.30. The molecule has 1 aromatic carbocycles. The number of carbonyl (C=O) groups excluding carboxylic acids is 1. The Kier molecular flexibility index (Phi) is 6.10. The zero-order valence-electron chi connectivity index (χ0n) is 16.5. The van der Waals surface area contributed by atoms with E-state index in [0.717, 1.165) is 34.9 Å². The molecule has 140 valence electrons. The van der Waals surface area contributed by atoms with Crippen molar-refractivity contribution in [3.05, 3.63) is 28.8 Å². The first-order valence-electron chi connectivity index (χ1n) is 8.71. The maximum absolute atomic E-state index is 12.6. The van der Waals surface area contributed by atoms with Crippen LogP contribution in [0.3, 0.4) is 0 Å². The Morgan fingerprint density at radius 2 is 1.68 bits per heavy atom. The van der Waals surface area contributed by atoms with Crippen LogP contribution in [-0.4, -0.2) is 39.2 Å². The van der Waals surface area contributed by atoms with Crippen LogP contribution in [0, 0.1) is 0 Å². The van der Waals surface area contributed by atoms with Crippen molar-refractivity contribution >= 4 is 29.4 Å². The minimum atomic E-state index is -0.141. The number of carbonyl (C=O) groups is 1. The summed E-state index contributed by atoms with van der Waals surface area (Å²) in [6.45, 7) is 12.7. The molecule has 1 N–H and O–H groups in total. The van der Waals surface area contributed by atoms with Crippen LogP contribution < -0.4 is 0 Å². The van der Waals surface area contributed by atoms with Crippen LogP contribution in [-0.2, 0) is 22.0 Å². The quantitative estimate of drug-likeness (QED) is 0.817. The lowest BCUT2D eigenvalue weighted by atomic mass is 9.78. The summed E-state index contributed by atoms with van der Waals surface area (Å²) in [6.07, 6.45) is 2.75. The summed E-state index contributed by atoms with van der Waals surface area (Å²) < 4.78 is 0. The van der Waals surface area contributed by atoms with Gasteiger partial charge in [0.2, 0.25) is 5.91 Å². The third-order valence-electron chi connectivity index (χ3n) is 4.51. The highest BCUT2D eigenvalue weighted by Gasteiger charge is 2.33. The molecule has 1 atom stereocenters. The fourth-order valence-electron chi connectivity index (χ4n) is 3.09. The molecule has 5 heteroatoms. The van der Waals surface area contributed by atoms with Crippen LogP contribution in [0.5, 0.6) is 5.75 Å². The van der Waals surface area contributed by atoms with Crippen molar-refractivity contribution in [1.29, 1.82) is 0 Å². The summed E-state index contributed by atoms with van der Waals surface area (Å²) in [5.74, 6) is 2.18. The summed E-state index contributed by atoms with van der Waals surface area (Å²) in [7, 11) is 0. The zero-order valence-corrected chi connectivity index (χ0v) is 18.1. The number of nitrogens with zero attached hydrogens (tertiary/aromatic N) is 1. The maximum Gasteiger partial charge on any atom is 0.237 e. The number of phenols is 1. The topological polar surface area (TPSA) is 40.5 Å². The average molecular weight is 382 g/mol. The number of phenolic OH excluding ortho intramolecular Hbond substituents is 1. The van der Waals surface area contributed by atoms with Crippen molar-refractivity contribution in [2.45, 2.75) is 64.0 Å². The molecule has 1 saturated heterocycles. The van der Waals surface area contributed by atoms with Crippen LogP contribution >= 0.6 is 23.5 Å². The molecule has 1 amide bonds. The van der Waals surface area contributed by atoms with Gasteiger partial charge in [0.15, 0.2) is 0 Å². The van der Waals surface area contributed by atoms with Gasteiger partial charge < -0.3 is 10.0 Å². The smallest absolute Gasteiger partial charge is 0.237 e. The molecule has 0 aliphatic carbocycles. The van der Waals surface area contributed by atoms with Gasteiger partial charge in [0, 0.05) is 0 Å². The molecular formula is C20H31NO2S2. The highest BCUT2D eigenvalue weighted by molar-refractivity contribution is 8.01. The summed E-state index contributed by atoms with van der Waals surface area (Å²) in [6, 6.07) is 4.19. The van der Waals surface area contributed by atoms with Gasteiger partial charge in [-0.25, -0.2) is 0 Å². The van der Waals surface area contributed by atoms with Crippen molar-refractivity contribution in [2.75, 3.05) is 18.0 Å². The second kappa shape index (κ2) is 7.43. The minimum Gasteiger partial charge on any atom is -0.507 e. The van der Waals surface area contributed by atoms with E-state index in [1.54, 1.807) is 23.5 Å². The molecule has 2 rings (SSSR count). The van der Waals surface area contributed by atoms with E-state index in [4.69, 9.17) is 0 Å². The lowest BCUT2D eigenvalue weighted by Gasteiger charge is -2.28. The van der Waals surface area contributed by atoms with Crippen molar-refractivity contribution in [3.63, 3.8) is 0 Å². The Bertz CT molecular complexity index is 609. The van der Waals surface area contributed by atoms with Crippen LogP contribution in [0.25, 0.3) is 0 Å². The van der Waals surface area contributed by atoms with Crippen molar-refractivity contribution in [1.82, 2.24) is 4.90 Å². The Hall–Kier alpha value is -0.810. The van der Waals surface area contributed by atoms with Crippen molar-refractivity contribution < 1.29 is 9.90 Å². The first-order chi connectivity index (χ1) is 11.4. The Morgan fingerprint density at radius 1 is 1.16 bits per heavy atom. The molecule has 1 aliphatic rings. The van der Waals surface area contributed by atoms with E-state index in [2.05, 4.69) is 53.7 Å². The second-order valence-corrected chi connectivity index (χ2v) is 10.8. The van der Waals surface area contributed by atoms with E-state index >= 15 is 0 Å². The molecule has 0 aromatic heterocycles. The Balaban J connectivity index is 2.37. The third kappa shape index (κ3) is 4.68. The van der Waals surface area contributed by atoms with Crippen LogP contribution in [0.15, 0.2) is 12.1 Å². The van der Waals surface area contributed by atoms with Gasteiger partial charge >= 0.3 is 0 Å². The standard InChI is InChI=1S/C20H31NO2S2/c1-19(2,3)14-8-13(9-15(17(14)22)20(4,5)6)10-16-18(23)21(11-24-7)12-25-16/h8-9,16,22H,10-12H2,1-7H3. The number of rotatable bonds is 4. The van der Waals surface area contributed by atoms with Gasteiger partial charge in [-0.3, -0.25) is 4.79 Å². The molecule has 0 radical (unpaired) electrons. The summed E-state index contributed by atoms with van der Waals surface area (Å²) in [5, 5.41) is 10.8. The highest BCUT2D eigenvalue weighted by Crippen LogP contribution is 2.40. The van der Waals surface area contributed by atoms with E-state index in [1.165, 1.54) is 0 Å². The predicted octanol–water partition coefficient (Wildman–Crippen LogP) is 4.75. The monoisotopic (exact) mass is 381 g/mol. The van der Waals surface area contributed by atoms with Gasteiger partial charge in [-0.15, -0.1) is 23.5 Å². The van der Waals surface area contributed by atoms with E-state index in [1.807, 2.05) is 11.2 Å². The van der Waals surface area contributed by atoms with Gasteiger partial charge in [-0.05, 0) is 40.2 Å². The normalized spacial score (nSPS) is 18.9. The molecule has 0 bridgehead atoms. The molecule has 1 heterocycles. The average Bonchev–Trinajstić information content (AvgIpc) is 2.80. The molecule has 25 heavy (non-hydrogen) atoms. The van der Waals surface area contributed by atoms with Crippen LogP contribution in [0.4, 0.5) is 0 Å². The number of hydrogen-bond acceptors (Lipinski definition) is 4. The summed E-state index contributed by atoms with van der Waals surface area (Å²) in [5.41, 5.74) is 2.79. The maximum atomic E-state index is 12.6. The van der Waals surface area contributed by atoms with E-state index in [-0.39, 0.29) is 22.0 Å². The number of thioether (sulfide) groups is 2. The fourth-order valence-corrected chi connectivity index (χ4v) is 4.92. The Morgan fingerprint density at radius 3 is 2.12 bits per heavy atom. The zero-order chi connectivity index (χ0) is 19.0. The van der Waals surface area contributed by atoms with Crippen molar-refractivity contribution in [3.8, 4) is 5.75 Å². The van der Waals surface area contributed by atoms with Crippen molar-refractivity contribution in [2.24, 2.45) is 0 Å². The molecule has 1 fully saturated rings. The van der Waals surface area contributed by atoms with Gasteiger partial charge in [-0.1, -0.05) is 53.7 Å². The van der Waals surface area contributed by atoms with Gasteiger partial charge in [0.1, 0.15) is 5.75 Å². The van der Waals surface area contributed by atoms with E-state index in [9.17, 15) is 9.90 Å². The first-order valence-corrected chi connectivity index (χ1v) is 11.2. The van der Waals surface area contributed by atoms with E-state index < -0.39 is 0 Å². The van der Waals surface area contributed by atoms with Crippen LogP contribution in [0.2, 0.25) is 0 Å². The molecule has 0 saturated carbocycles. The fraction of sp³-hybridized carbons (Fsp3) is 0.650. The SMILES string of the molecule is CSCN1CSC(Cc2cc(C(C)(C)C)c(O)c(C(C)(C)C)c2)C1=O. The number of aromatic hydroxyl groups is 1. The van der Waals surface area contributed by atoms with E-state index in [0.29, 0.717) is 5.75 Å². The largest absolute Gasteiger partial charge is 0.507 e. The summed E-state index contributed by atoms with van der Waals surface area (Å²) >= 11 is 3.41. The molecule has 3 nitrogen and oxygen atoms in total. The van der Waals surface area contributed by atoms with Gasteiger partial charge in [0.25, 0.3) is 0 Å². The molecule has 1 aromatic rings. The Labute approximate surface area is 160 Å². The van der Waals surface area contributed by atoms with Gasteiger partial charge in [0.05, 0.1) is 17.0 Å². The second-order valence-electron chi connectivity index (χ2n) is 8.82.